The molecule has 1 fully saturated rings. The predicted molar refractivity (Wildman–Crippen MR) is 80.4 cm³/mol. The van der Waals surface area contributed by atoms with Crippen LogP contribution in [0.1, 0.15) is 5.69 Å². The largest absolute Gasteiger partial charge is 0.378 e. The molecule has 1 saturated heterocycles. The zero-order chi connectivity index (χ0) is 14.7. The molecule has 1 aliphatic heterocycles. The van der Waals surface area contributed by atoms with Gasteiger partial charge in [0.25, 0.3) is 0 Å². The van der Waals surface area contributed by atoms with Crippen molar-refractivity contribution in [3.63, 3.8) is 0 Å². The highest BCUT2D eigenvalue weighted by atomic mass is 16.5. The number of anilines is 2. The van der Waals surface area contributed by atoms with E-state index in [1.807, 2.05) is 19.1 Å². The molecule has 7 nitrogen and oxygen atoms in total. The van der Waals surface area contributed by atoms with E-state index >= 15 is 0 Å². The van der Waals surface area contributed by atoms with E-state index < -0.39 is 0 Å². The Bertz CT molecular complexity index is 627. The van der Waals surface area contributed by atoms with Crippen LogP contribution in [0.15, 0.2) is 18.3 Å². The second kappa shape index (κ2) is 6.01. The Kier molecular flexibility index (Phi) is 3.92. The van der Waals surface area contributed by atoms with Crippen molar-refractivity contribution in [3.05, 3.63) is 24.0 Å². The number of hydrogen-bond donors (Lipinski definition) is 1. The van der Waals surface area contributed by atoms with E-state index in [4.69, 9.17) is 4.74 Å². The van der Waals surface area contributed by atoms with Crippen LogP contribution in [-0.2, 0) is 4.74 Å². The van der Waals surface area contributed by atoms with E-state index in [1.165, 1.54) is 0 Å². The molecule has 1 aliphatic rings. The molecule has 0 aliphatic carbocycles. The zero-order valence-electron chi connectivity index (χ0n) is 12.2. The molecule has 0 aromatic carbocycles. The fourth-order valence-electron chi connectivity index (χ4n) is 2.20. The van der Waals surface area contributed by atoms with Gasteiger partial charge in [0.1, 0.15) is 0 Å². The van der Waals surface area contributed by atoms with Gasteiger partial charge in [0.2, 0.25) is 11.9 Å². The molecule has 0 radical (unpaired) electrons. The minimum absolute atomic E-state index is 0.566. The first-order valence-corrected chi connectivity index (χ1v) is 6.96. The Labute approximate surface area is 123 Å². The maximum absolute atomic E-state index is 5.37. The standard InChI is InChI=1S/C14H18N6O/c1-10-9-11(3-4-16-10)12-17-13(15-2)19-14(18-12)20-5-7-21-8-6-20/h3-4,9H,5-8H2,1-2H3,(H,15,17,18,19). The molecule has 0 spiro atoms. The molecule has 0 atom stereocenters. The van der Waals surface area contributed by atoms with Crippen LogP contribution in [0.5, 0.6) is 0 Å². The van der Waals surface area contributed by atoms with E-state index in [0.717, 1.165) is 24.3 Å². The zero-order valence-corrected chi connectivity index (χ0v) is 12.2. The Morgan fingerprint density at radius 3 is 2.71 bits per heavy atom. The minimum atomic E-state index is 0.566. The lowest BCUT2D eigenvalue weighted by Gasteiger charge is -2.27. The molecule has 3 heterocycles. The number of morpholine rings is 1. The van der Waals surface area contributed by atoms with Crippen molar-refractivity contribution in [2.45, 2.75) is 6.92 Å². The van der Waals surface area contributed by atoms with Crippen molar-refractivity contribution in [2.24, 2.45) is 0 Å². The van der Waals surface area contributed by atoms with Gasteiger partial charge < -0.3 is 15.0 Å². The number of aromatic nitrogens is 4. The predicted octanol–water partition coefficient (Wildman–Crippen LogP) is 1.12. The van der Waals surface area contributed by atoms with Crippen molar-refractivity contribution >= 4 is 11.9 Å². The van der Waals surface area contributed by atoms with Gasteiger partial charge in [-0.3, -0.25) is 4.98 Å². The topological polar surface area (TPSA) is 76.1 Å². The number of nitrogens with one attached hydrogen (secondary N) is 1. The van der Waals surface area contributed by atoms with E-state index in [0.29, 0.717) is 30.9 Å². The first kappa shape index (κ1) is 13.7. The average molecular weight is 286 g/mol. The Hall–Kier alpha value is -2.28. The molecule has 0 saturated carbocycles. The molecular formula is C14H18N6O. The second-order valence-electron chi connectivity index (χ2n) is 4.82. The fraction of sp³-hybridized carbons (Fsp3) is 0.429. The molecule has 2 aromatic rings. The van der Waals surface area contributed by atoms with Gasteiger partial charge in [-0.25, -0.2) is 0 Å². The van der Waals surface area contributed by atoms with Gasteiger partial charge in [-0.15, -0.1) is 0 Å². The van der Waals surface area contributed by atoms with Crippen molar-refractivity contribution in [3.8, 4) is 11.4 Å². The summed E-state index contributed by atoms with van der Waals surface area (Å²) in [6.45, 7) is 4.94. The summed E-state index contributed by atoms with van der Waals surface area (Å²) < 4.78 is 5.37. The highest BCUT2D eigenvalue weighted by Crippen LogP contribution is 2.20. The summed E-state index contributed by atoms with van der Waals surface area (Å²) in [6, 6.07) is 3.88. The van der Waals surface area contributed by atoms with Gasteiger partial charge in [0, 0.05) is 37.6 Å². The number of rotatable bonds is 3. The van der Waals surface area contributed by atoms with E-state index in [9.17, 15) is 0 Å². The highest BCUT2D eigenvalue weighted by molar-refractivity contribution is 5.58. The highest BCUT2D eigenvalue weighted by Gasteiger charge is 2.16. The number of aryl methyl sites for hydroxylation is 1. The molecule has 0 amide bonds. The molecular weight excluding hydrogens is 268 g/mol. The maximum Gasteiger partial charge on any atom is 0.230 e. The molecule has 2 aromatic heterocycles. The lowest BCUT2D eigenvalue weighted by atomic mass is 10.2. The summed E-state index contributed by atoms with van der Waals surface area (Å²) >= 11 is 0. The van der Waals surface area contributed by atoms with Crippen LogP contribution in [0.2, 0.25) is 0 Å². The summed E-state index contributed by atoms with van der Waals surface area (Å²) in [7, 11) is 1.81. The average Bonchev–Trinajstić information content (AvgIpc) is 2.55. The van der Waals surface area contributed by atoms with Gasteiger partial charge in [-0.2, -0.15) is 15.0 Å². The summed E-state index contributed by atoms with van der Waals surface area (Å²) in [5.74, 6) is 1.90. The Balaban J connectivity index is 2.00. The summed E-state index contributed by atoms with van der Waals surface area (Å²) in [4.78, 5) is 19.8. The summed E-state index contributed by atoms with van der Waals surface area (Å²) in [6.07, 6.45) is 1.77. The SMILES string of the molecule is CNc1nc(-c2ccnc(C)c2)nc(N2CCOCC2)n1. The summed E-state index contributed by atoms with van der Waals surface area (Å²) in [5, 5.41) is 3.00. The fourth-order valence-corrected chi connectivity index (χ4v) is 2.20. The number of ether oxygens (including phenoxy) is 1. The molecule has 1 N–H and O–H groups in total. The van der Waals surface area contributed by atoms with Gasteiger partial charge in [-0.1, -0.05) is 0 Å². The van der Waals surface area contributed by atoms with Crippen LogP contribution in [0.3, 0.4) is 0 Å². The van der Waals surface area contributed by atoms with Crippen molar-refractivity contribution in [1.29, 1.82) is 0 Å². The quantitative estimate of drug-likeness (QED) is 0.906. The monoisotopic (exact) mass is 286 g/mol. The van der Waals surface area contributed by atoms with Gasteiger partial charge >= 0.3 is 0 Å². The van der Waals surface area contributed by atoms with Crippen LogP contribution in [0, 0.1) is 6.92 Å². The lowest BCUT2D eigenvalue weighted by molar-refractivity contribution is 0.122. The maximum atomic E-state index is 5.37. The first-order valence-electron chi connectivity index (χ1n) is 6.96. The number of pyridine rings is 1. The van der Waals surface area contributed by atoms with E-state index in [1.54, 1.807) is 13.2 Å². The Morgan fingerprint density at radius 2 is 2.00 bits per heavy atom. The van der Waals surface area contributed by atoms with E-state index in [-0.39, 0.29) is 0 Å². The third kappa shape index (κ3) is 3.08. The third-order valence-corrected chi connectivity index (χ3v) is 3.30. The van der Waals surface area contributed by atoms with Crippen LogP contribution >= 0.6 is 0 Å². The molecule has 7 heteroatoms. The lowest BCUT2D eigenvalue weighted by Crippen LogP contribution is -2.37. The normalized spacial score (nSPS) is 15.0. The van der Waals surface area contributed by atoms with Crippen molar-refractivity contribution in [2.75, 3.05) is 43.6 Å². The number of hydrogen-bond acceptors (Lipinski definition) is 7. The van der Waals surface area contributed by atoms with Crippen molar-refractivity contribution in [1.82, 2.24) is 19.9 Å². The molecule has 110 valence electrons. The molecule has 21 heavy (non-hydrogen) atoms. The van der Waals surface area contributed by atoms with Crippen LogP contribution in [0.4, 0.5) is 11.9 Å². The van der Waals surface area contributed by atoms with Gasteiger partial charge in [-0.05, 0) is 19.1 Å². The molecule has 3 rings (SSSR count). The first-order chi connectivity index (χ1) is 10.3. The van der Waals surface area contributed by atoms with Crippen molar-refractivity contribution < 1.29 is 4.74 Å². The van der Waals surface area contributed by atoms with E-state index in [2.05, 4.69) is 30.2 Å². The molecule has 0 bridgehead atoms. The second-order valence-corrected chi connectivity index (χ2v) is 4.82. The van der Waals surface area contributed by atoms with Gasteiger partial charge in [0.05, 0.1) is 13.2 Å². The third-order valence-electron chi connectivity index (χ3n) is 3.30. The minimum Gasteiger partial charge on any atom is -0.378 e. The van der Waals surface area contributed by atoms with Crippen LogP contribution < -0.4 is 10.2 Å². The molecule has 0 unspecified atom stereocenters. The van der Waals surface area contributed by atoms with Crippen LogP contribution in [0.25, 0.3) is 11.4 Å². The summed E-state index contributed by atoms with van der Waals surface area (Å²) in [5.41, 5.74) is 1.88. The Morgan fingerprint density at radius 1 is 1.19 bits per heavy atom. The number of nitrogens with zero attached hydrogens (tertiary/aromatic N) is 5. The van der Waals surface area contributed by atoms with Crippen LogP contribution in [-0.4, -0.2) is 53.3 Å². The van der Waals surface area contributed by atoms with Gasteiger partial charge in [0.15, 0.2) is 5.82 Å². The smallest absolute Gasteiger partial charge is 0.230 e.